The molecule has 0 radical (unpaired) electrons. The molecule has 0 spiro atoms. The van der Waals surface area contributed by atoms with Crippen molar-refractivity contribution in [1.29, 1.82) is 0 Å². The zero-order chi connectivity index (χ0) is 26.9. The normalized spacial score (nSPS) is 14.4. The van der Waals surface area contributed by atoms with E-state index in [1.54, 1.807) is 6.20 Å². The van der Waals surface area contributed by atoms with Gasteiger partial charge in [-0.1, -0.05) is 61.7 Å². The van der Waals surface area contributed by atoms with Gasteiger partial charge in [0.2, 0.25) is 0 Å². The van der Waals surface area contributed by atoms with Crippen molar-refractivity contribution in [3.63, 3.8) is 0 Å². The third-order valence-corrected chi connectivity index (χ3v) is 6.49. The van der Waals surface area contributed by atoms with Gasteiger partial charge in [0.1, 0.15) is 35.2 Å². The molecule has 5 N–H and O–H groups in total. The third-order valence-electron chi connectivity index (χ3n) is 6.49. The molecule has 2 heterocycles. The number of hydrogen-bond acceptors (Lipinski definition) is 6. The van der Waals surface area contributed by atoms with Crippen molar-refractivity contribution in [2.75, 3.05) is 12.3 Å². The van der Waals surface area contributed by atoms with E-state index in [4.69, 9.17) is 25.7 Å². The van der Waals surface area contributed by atoms with Crippen LogP contribution in [0.15, 0.2) is 67.0 Å². The highest BCUT2D eigenvalue weighted by molar-refractivity contribution is 5.85. The van der Waals surface area contributed by atoms with Gasteiger partial charge in [-0.05, 0) is 37.5 Å². The molecule has 1 aliphatic rings. The summed E-state index contributed by atoms with van der Waals surface area (Å²) in [6, 6.07) is 18.3. The Hall–Kier alpha value is -4.11. The number of fused-ring (bicyclic) bond motifs is 1. The SMILES string of the molecule is CC(O)CNC(=O)O.Nc1nccn2c(C3CCCCC3)nc(-c3cccc(OCc4ccccc4)c3)c12. The van der Waals surface area contributed by atoms with Gasteiger partial charge in [-0.3, -0.25) is 4.40 Å². The summed E-state index contributed by atoms with van der Waals surface area (Å²) in [5.41, 5.74) is 10.2. The Balaban J connectivity index is 0.000000368. The maximum Gasteiger partial charge on any atom is 0.404 e. The largest absolute Gasteiger partial charge is 0.489 e. The van der Waals surface area contributed by atoms with Crippen LogP contribution in [0.3, 0.4) is 0 Å². The number of ether oxygens (including phenoxy) is 1. The summed E-state index contributed by atoms with van der Waals surface area (Å²) in [5, 5.41) is 18.4. The van der Waals surface area contributed by atoms with Crippen LogP contribution in [0.1, 0.15) is 56.3 Å². The van der Waals surface area contributed by atoms with Gasteiger partial charge in [0.05, 0.1) is 6.10 Å². The van der Waals surface area contributed by atoms with Gasteiger partial charge in [-0.25, -0.2) is 14.8 Å². The maximum atomic E-state index is 9.68. The smallest absolute Gasteiger partial charge is 0.404 e. The quantitative estimate of drug-likeness (QED) is 0.263. The lowest BCUT2D eigenvalue weighted by Gasteiger charge is -2.20. The van der Waals surface area contributed by atoms with Crippen molar-refractivity contribution in [2.24, 2.45) is 0 Å². The summed E-state index contributed by atoms with van der Waals surface area (Å²) < 4.78 is 8.18. The minimum atomic E-state index is -1.11. The number of hydrogen-bond donors (Lipinski definition) is 4. The Morgan fingerprint density at radius 2 is 1.92 bits per heavy atom. The molecule has 2 aromatic carbocycles. The molecular weight excluding hydrogens is 482 g/mol. The van der Waals surface area contributed by atoms with Crippen molar-refractivity contribution in [3.05, 3.63) is 78.4 Å². The highest BCUT2D eigenvalue weighted by Gasteiger charge is 2.24. The number of aliphatic hydroxyl groups is 1. The second-order valence-electron chi connectivity index (χ2n) is 9.52. The van der Waals surface area contributed by atoms with Crippen molar-refractivity contribution in [3.8, 4) is 17.0 Å². The van der Waals surface area contributed by atoms with Crippen molar-refractivity contribution >= 4 is 17.4 Å². The Labute approximate surface area is 222 Å². The summed E-state index contributed by atoms with van der Waals surface area (Å²) in [6.07, 6.45) is 8.24. The highest BCUT2D eigenvalue weighted by Crippen LogP contribution is 2.37. The van der Waals surface area contributed by atoms with Crippen LogP contribution in [0.4, 0.5) is 10.6 Å². The average molecular weight is 518 g/mol. The predicted molar refractivity (Wildman–Crippen MR) is 147 cm³/mol. The number of nitrogens with one attached hydrogen (secondary N) is 1. The molecule has 38 heavy (non-hydrogen) atoms. The molecule has 9 heteroatoms. The molecule has 1 unspecified atom stereocenters. The first-order valence-electron chi connectivity index (χ1n) is 13.0. The van der Waals surface area contributed by atoms with Crippen LogP contribution >= 0.6 is 0 Å². The number of amides is 1. The fourth-order valence-electron chi connectivity index (χ4n) is 4.65. The first kappa shape index (κ1) is 26.9. The van der Waals surface area contributed by atoms with Gasteiger partial charge in [0.15, 0.2) is 0 Å². The maximum absolute atomic E-state index is 9.68. The standard InChI is InChI=1S/C25H26N4O.C4H9NO3/c26-24-23-22(28-25(29(23)15-14-27-24)19-10-5-2-6-11-19)20-12-7-13-21(16-20)30-17-18-8-3-1-4-9-18;1-3(6)2-5-4(7)8/h1,3-4,7-9,12-16,19H,2,5-6,10-11,17H2,(H2,26,27);3,5-6H,2H2,1H3,(H,7,8). The molecule has 1 fully saturated rings. The van der Waals surface area contributed by atoms with Gasteiger partial charge in [-0.15, -0.1) is 0 Å². The molecule has 4 aromatic rings. The van der Waals surface area contributed by atoms with Crippen LogP contribution in [-0.4, -0.2) is 43.3 Å². The number of rotatable bonds is 7. The van der Waals surface area contributed by atoms with Crippen LogP contribution in [0.25, 0.3) is 16.8 Å². The number of aliphatic hydroxyl groups excluding tert-OH is 1. The Kier molecular flexibility index (Phi) is 9.16. The zero-order valence-corrected chi connectivity index (χ0v) is 21.6. The Morgan fingerprint density at radius 3 is 2.61 bits per heavy atom. The number of anilines is 1. The summed E-state index contributed by atoms with van der Waals surface area (Å²) in [7, 11) is 0. The molecule has 5 rings (SSSR count). The summed E-state index contributed by atoms with van der Waals surface area (Å²) >= 11 is 0. The third kappa shape index (κ3) is 7.01. The zero-order valence-electron chi connectivity index (χ0n) is 21.6. The minimum Gasteiger partial charge on any atom is -0.489 e. The molecule has 0 aliphatic heterocycles. The van der Waals surface area contributed by atoms with E-state index in [9.17, 15) is 4.79 Å². The Morgan fingerprint density at radius 1 is 1.16 bits per heavy atom. The second-order valence-corrected chi connectivity index (χ2v) is 9.52. The van der Waals surface area contributed by atoms with E-state index in [2.05, 4.69) is 27.6 Å². The lowest BCUT2D eigenvalue weighted by molar-refractivity contribution is 0.168. The van der Waals surface area contributed by atoms with Gasteiger partial charge in [0.25, 0.3) is 0 Å². The number of aromatic nitrogens is 3. The average Bonchev–Trinajstić information content (AvgIpc) is 3.34. The fraction of sp³-hybridized carbons (Fsp3) is 0.345. The fourth-order valence-corrected chi connectivity index (χ4v) is 4.65. The lowest BCUT2D eigenvalue weighted by atomic mass is 9.89. The van der Waals surface area contributed by atoms with Crippen molar-refractivity contribution < 1.29 is 19.7 Å². The molecule has 9 nitrogen and oxygen atoms in total. The number of imidazole rings is 1. The molecule has 1 saturated carbocycles. The topological polar surface area (TPSA) is 135 Å². The van der Waals surface area contributed by atoms with Gasteiger partial charge in [0, 0.05) is 30.4 Å². The molecule has 1 atom stereocenters. The van der Waals surface area contributed by atoms with E-state index in [1.807, 2.05) is 47.9 Å². The van der Waals surface area contributed by atoms with E-state index < -0.39 is 12.2 Å². The van der Waals surface area contributed by atoms with Crippen molar-refractivity contribution in [1.82, 2.24) is 19.7 Å². The monoisotopic (exact) mass is 517 g/mol. The second kappa shape index (κ2) is 12.9. The minimum absolute atomic E-state index is 0.0926. The molecule has 1 amide bonds. The first-order chi connectivity index (χ1) is 18.4. The van der Waals surface area contributed by atoms with Crippen LogP contribution in [0.5, 0.6) is 5.75 Å². The van der Waals surface area contributed by atoms with Crippen LogP contribution in [0, 0.1) is 0 Å². The number of nitrogens with zero attached hydrogens (tertiary/aromatic N) is 3. The number of carbonyl (C=O) groups is 1. The van der Waals surface area contributed by atoms with Gasteiger partial charge in [-0.2, -0.15) is 0 Å². The number of nitrogen functional groups attached to an aromatic ring is 1. The van der Waals surface area contributed by atoms with Crippen LogP contribution in [-0.2, 0) is 6.61 Å². The van der Waals surface area contributed by atoms with E-state index in [1.165, 1.54) is 39.0 Å². The molecule has 1 aliphatic carbocycles. The first-order valence-corrected chi connectivity index (χ1v) is 13.0. The summed E-state index contributed by atoms with van der Waals surface area (Å²) in [4.78, 5) is 19.1. The Bertz CT molecular complexity index is 1330. The lowest BCUT2D eigenvalue weighted by Crippen LogP contribution is -2.28. The number of benzene rings is 2. The number of carboxylic acid groups (broad SMARTS) is 1. The van der Waals surface area contributed by atoms with E-state index in [0.717, 1.165) is 33.9 Å². The molecule has 0 bridgehead atoms. The van der Waals surface area contributed by atoms with Crippen molar-refractivity contribution in [2.45, 2.75) is 57.7 Å². The van der Waals surface area contributed by atoms with Gasteiger partial charge < -0.3 is 26.0 Å². The van der Waals surface area contributed by atoms with E-state index in [-0.39, 0.29) is 6.54 Å². The molecule has 200 valence electrons. The van der Waals surface area contributed by atoms with Crippen LogP contribution in [0.2, 0.25) is 0 Å². The molecule has 0 saturated heterocycles. The highest BCUT2D eigenvalue weighted by atomic mass is 16.5. The predicted octanol–water partition coefficient (Wildman–Crippen LogP) is 5.24. The molecular formula is C29H35N5O4. The number of nitrogens with two attached hydrogens (primary N) is 1. The van der Waals surface area contributed by atoms with E-state index in [0.29, 0.717) is 18.3 Å². The summed E-state index contributed by atoms with van der Waals surface area (Å²) in [5.74, 6) is 2.90. The molecule has 2 aromatic heterocycles. The summed E-state index contributed by atoms with van der Waals surface area (Å²) in [6.45, 7) is 2.14. The van der Waals surface area contributed by atoms with Gasteiger partial charge >= 0.3 is 6.09 Å². The van der Waals surface area contributed by atoms with Crippen LogP contribution < -0.4 is 15.8 Å². The van der Waals surface area contributed by atoms with E-state index >= 15 is 0 Å².